The monoisotopic (exact) mass is 367 g/mol. The number of benzene rings is 1. The third-order valence-electron chi connectivity index (χ3n) is 4.55. The van der Waals surface area contributed by atoms with Crippen LogP contribution in [0.4, 0.5) is 0 Å². The Labute approximate surface area is 151 Å². The van der Waals surface area contributed by atoms with Crippen molar-refractivity contribution in [1.29, 1.82) is 0 Å². The Bertz CT molecular complexity index is 642. The summed E-state index contributed by atoms with van der Waals surface area (Å²) in [6.07, 6.45) is -0.526. The fourth-order valence-electron chi connectivity index (χ4n) is 3.36. The van der Waals surface area contributed by atoms with Gasteiger partial charge >= 0.3 is 0 Å². The van der Waals surface area contributed by atoms with Crippen LogP contribution in [-0.2, 0) is 14.3 Å². The van der Waals surface area contributed by atoms with Gasteiger partial charge in [-0.15, -0.1) is 0 Å². The third-order valence-corrected chi connectivity index (χ3v) is 4.90. The Kier molecular flexibility index (Phi) is 5.90. The van der Waals surface area contributed by atoms with Gasteiger partial charge in [0.2, 0.25) is 11.8 Å². The van der Waals surface area contributed by atoms with Crippen molar-refractivity contribution in [3.05, 3.63) is 34.9 Å². The van der Waals surface area contributed by atoms with Gasteiger partial charge in [-0.3, -0.25) is 14.5 Å². The number of nitrogens with zero attached hydrogens (tertiary/aromatic N) is 2. The van der Waals surface area contributed by atoms with E-state index in [0.29, 0.717) is 31.3 Å². The van der Waals surface area contributed by atoms with E-state index in [4.69, 9.17) is 16.3 Å². The molecule has 2 saturated heterocycles. The molecule has 0 saturated carbocycles. The summed E-state index contributed by atoms with van der Waals surface area (Å²) in [5, 5.41) is 13.0. The fraction of sp³-hybridized carbons (Fsp3) is 0.529. The molecule has 0 bridgehead atoms. The van der Waals surface area contributed by atoms with Crippen molar-refractivity contribution >= 4 is 23.4 Å². The normalized spacial score (nSPS) is 24.9. The van der Waals surface area contributed by atoms with Crippen molar-refractivity contribution in [2.75, 3.05) is 45.9 Å². The van der Waals surface area contributed by atoms with E-state index in [-0.39, 0.29) is 31.5 Å². The predicted molar refractivity (Wildman–Crippen MR) is 92.2 cm³/mol. The molecule has 2 N–H and O–H groups in total. The first-order valence-electron chi connectivity index (χ1n) is 8.35. The van der Waals surface area contributed by atoms with E-state index in [1.165, 1.54) is 0 Å². The van der Waals surface area contributed by atoms with E-state index in [1.807, 2.05) is 23.1 Å². The Balaban J connectivity index is 1.80. The minimum atomic E-state index is -0.526. The van der Waals surface area contributed by atoms with Gasteiger partial charge in [-0.05, 0) is 11.6 Å². The van der Waals surface area contributed by atoms with Crippen LogP contribution in [0.25, 0.3) is 0 Å². The maximum atomic E-state index is 12.9. The van der Waals surface area contributed by atoms with Crippen LogP contribution in [-0.4, -0.2) is 78.8 Å². The number of morpholine rings is 1. The number of aliphatic hydroxyl groups is 1. The van der Waals surface area contributed by atoms with E-state index in [2.05, 4.69) is 5.32 Å². The molecule has 2 aliphatic rings. The van der Waals surface area contributed by atoms with E-state index in [9.17, 15) is 14.7 Å². The molecule has 0 radical (unpaired) electrons. The zero-order valence-electron chi connectivity index (χ0n) is 13.9. The lowest BCUT2D eigenvalue weighted by molar-refractivity contribution is -0.151. The Morgan fingerprint density at radius 1 is 1.36 bits per heavy atom. The number of carbonyl (C=O) groups excluding carboxylic acids is 2. The molecular formula is C17H22ClN3O4. The first-order chi connectivity index (χ1) is 12.1. The smallest absolute Gasteiger partial charge is 0.237 e. The van der Waals surface area contributed by atoms with Crippen molar-refractivity contribution < 1.29 is 19.4 Å². The number of hydrogen-bond donors (Lipinski definition) is 2. The second kappa shape index (κ2) is 8.14. The predicted octanol–water partition coefficient (Wildman–Crippen LogP) is 0.0326. The lowest BCUT2D eigenvalue weighted by Crippen LogP contribution is -2.55. The molecule has 2 fully saturated rings. The highest BCUT2D eigenvalue weighted by atomic mass is 35.5. The van der Waals surface area contributed by atoms with Gasteiger partial charge in [0, 0.05) is 24.7 Å². The summed E-state index contributed by atoms with van der Waals surface area (Å²) in [5.41, 5.74) is 0.757. The molecule has 25 heavy (non-hydrogen) atoms. The minimum absolute atomic E-state index is 0.0723. The summed E-state index contributed by atoms with van der Waals surface area (Å²) in [7, 11) is 0. The second-order valence-electron chi connectivity index (χ2n) is 6.21. The molecule has 1 aromatic carbocycles. The molecule has 1 aromatic rings. The minimum Gasteiger partial charge on any atom is -0.394 e. The molecule has 0 spiro atoms. The van der Waals surface area contributed by atoms with Gasteiger partial charge in [0.25, 0.3) is 0 Å². The number of carbonyl (C=O) groups is 2. The summed E-state index contributed by atoms with van der Waals surface area (Å²) in [6.45, 7) is 2.14. The maximum absolute atomic E-state index is 12.9. The quantitative estimate of drug-likeness (QED) is 0.785. The molecule has 2 atom stereocenters. The van der Waals surface area contributed by atoms with E-state index < -0.39 is 12.1 Å². The number of halogens is 1. The van der Waals surface area contributed by atoms with E-state index in [1.54, 1.807) is 11.0 Å². The SMILES string of the molecule is O=C1CN(CC(=O)N2CCO[C@@H](CO)[C@@H]2c2ccccc2Cl)CCN1. The molecule has 3 rings (SSSR count). The molecular weight excluding hydrogens is 346 g/mol. The van der Waals surface area contributed by atoms with Crippen LogP contribution in [0, 0.1) is 0 Å². The first-order valence-corrected chi connectivity index (χ1v) is 8.73. The largest absolute Gasteiger partial charge is 0.394 e. The number of rotatable bonds is 4. The molecule has 7 nitrogen and oxygen atoms in total. The number of ether oxygens (including phenoxy) is 1. The van der Waals surface area contributed by atoms with Crippen LogP contribution in [0.2, 0.25) is 5.02 Å². The van der Waals surface area contributed by atoms with Gasteiger partial charge in [-0.25, -0.2) is 0 Å². The summed E-state index contributed by atoms with van der Waals surface area (Å²) in [4.78, 5) is 27.9. The number of nitrogens with one attached hydrogen (secondary N) is 1. The van der Waals surface area contributed by atoms with Gasteiger partial charge in [0.1, 0.15) is 6.10 Å². The molecule has 136 valence electrons. The van der Waals surface area contributed by atoms with Gasteiger partial charge in [-0.1, -0.05) is 29.8 Å². The summed E-state index contributed by atoms with van der Waals surface area (Å²) >= 11 is 6.32. The number of aliphatic hydroxyl groups excluding tert-OH is 1. The van der Waals surface area contributed by atoms with Crippen molar-refractivity contribution in [2.45, 2.75) is 12.1 Å². The zero-order chi connectivity index (χ0) is 17.8. The Morgan fingerprint density at radius 3 is 2.88 bits per heavy atom. The standard InChI is InChI=1S/C17H22ClN3O4/c18-13-4-2-1-3-12(13)17-14(11-22)25-8-7-21(17)16(24)10-20-6-5-19-15(23)9-20/h1-4,14,17,22H,5-11H2,(H,19,23)/t14-,17-/m0/s1. The topological polar surface area (TPSA) is 82.1 Å². The van der Waals surface area contributed by atoms with E-state index in [0.717, 1.165) is 5.56 Å². The molecule has 8 heteroatoms. The van der Waals surface area contributed by atoms with Crippen LogP contribution in [0.1, 0.15) is 11.6 Å². The third kappa shape index (κ3) is 4.12. The van der Waals surface area contributed by atoms with E-state index >= 15 is 0 Å². The summed E-state index contributed by atoms with van der Waals surface area (Å²) in [5.74, 6) is -0.168. The van der Waals surface area contributed by atoms with Crippen molar-refractivity contribution in [1.82, 2.24) is 15.1 Å². The lowest BCUT2D eigenvalue weighted by Gasteiger charge is -2.42. The molecule has 0 aromatic heterocycles. The molecule has 0 unspecified atom stereocenters. The highest BCUT2D eigenvalue weighted by molar-refractivity contribution is 6.31. The Hall–Kier alpha value is -1.67. The lowest BCUT2D eigenvalue weighted by atomic mass is 9.98. The summed E-state index contributed by atoms with van der Waals surface area (Å²) < 4.78 is 5.66. The molecule has 2 aliphatic heterocycles. The fourth-order valence-corrected chi connectivity index (χ4v) is 3.60. The average Bonchev–Trinajstić information content (AvgIpc) is 2.61. The first kappa shape index (κ1) is 18.1. The zero-order valence-corrected chi connectivity index (χ0v) is 14.6. The van der Waals surface area contributed by atoms with Gasteiger partial charge in [0.05, 0.1) is 32.3 Å². The highest BCUT2D eigenvalue weighted by Gasteiger charge is 2.37. The number of amides is 2. The van der Waals surface area contributed by atoms with Crippen LogP contribution in [0.5, 0.6) is 0 Å². The van der Waals surface area contributed by atoms with Gasteiger partial charge in [0.15, 0.2) is 0 Å². The van der Waals surface area contributed by atoms with Crippen molar-refractivity contribution in [3.8, 4) is 0 Å². The molecule has 2 heterocycles. The van der Waals surface area contributed by atoms with Crippen LogP contribution in [0.15, 0.2) is 24.3 Å². The van der Waals surface area contributed by atoms with Crippen LogP contribution >= 0.6 is 11.6 Å². The second-order valence-corrected chi connectivity index (χ2v) is 6.61. The Morgan fingerprint density at radius 2 is 2.16 bits per heavy atom. The summed E-state index contributed by atoms with van der Waals surface area (Å²) in [6, 6.07) is 6.83. The van der Waals surface area contributed by atoms with Crippen LogP contribution in [0.3, 0.4) is 0 Å². The number of piperazine rings is 1. The molecule has 0 aliphatic carbocycles. The molecule has 2 amide bonds. The average molecular weight is 368 g/mol. The highest BCUT2D eigenvalue weighted by Crippen LogP contribution is 2.34. The van der Waals surface area contributed by atoms with Gasteiger partial charge < -0.3 is 20.1 Å². The van der Waals surface area contributed by atoms with Crippen molar-refractivity contribution in [3.63, 3.8) is 0 Å². The number of hydrogen-bond acceptors (Lipinski definition) is 5. The van der Waals surface area contributed by atoms with Crippen LogP contribution < -0.4 is 5.32 Å². The van der Waals surface area contributed by atoms with Crippen molar-refractivity contribution in [2.24, 2.45) is 0 Å². The maximum Gasteiger partial charge on any atom is 0.237 e. The van der Waals surface area contributed by atoms with Gasteiger partial charge in [-0.2, -0.15) is 0 Å².